The number of hydrogen-bond donors (Lipinski definition) is 1. The Morgan fingerprint density at radius 1 is 1.21 bits per heavy atom. The van der Waals surface area contributed by atoms with Gasteiger partial charge < -0.3 is 9.84 Å². The molecule has 0 saturated carbocycles. The van der Waals surface area contributed by atoms with Crippen molar-refractivity contribution in [1.29, 1.82) is 0 Å². The zero-order valence-electron chi connectivity index (χ0n) is 12.0. The van der Waals surface area contributed by atoms with Crippen molar-refractivity contribution in [3.63, 3.8) is 0 Å². The van der Waals surface area contributed by atoms with Crippen molar-refractivity contribution in [2.24, 2.45) is 5.92 Å². The van der Waals surface area contributed by atoms with E-state index < -0.39 is 0 Å². The first-order chi connectivity index (χ1) is 9.09. The third-order valence-corrected chi connectivity index (χ3v) is 3.71. The highest BCUT2D eigenvalue weighted by molar-refractivity contribution is 5.21. The predicted molar refractivity (Wildman–Crippen MR) is 77.4 cm³/mol. The highest BCUT2D eigenvalue weighted by Gasteiger charge is 2.26. The third-order valence-electron chi connectivity index (χ3n) is 3.71. The van der Waals surface area contributed by atoms with Gasteiger partial charge in [-0.25, -0.2) is 0 Å². The van der Waals surface area contributed by atoms with Gasteiger partial charge in [-0.2, -0.15) is 0 Å². The number of piperidine rings is 1. The Kier molecular flexibility index (Phi) is 4.83. The van der Waals surface area contributed by atoms with Crippen LogP contribution >= 0.6 is 0 Å². The summed E-state index contributed by atoms with van der Waals surface area (Å²) in [4.78, 5) is 2.44. The molecule has 0 aromatic heterocycles. The molecule has 0 spiro atoms. The fraction of sp³-hybridized carbons (Fsp3) is 0.625. The van der Waals surface area contributed by atoms with E-state index in [2.05, 4.69) is 18.7 Å². The molecule has 0 amide bonds. The zero-order chi connectivity index (χ0) is 13.7. The SMILES string of the molecule is CC(C)(CN1CCC(CO)CC1)Oc1ccccc1. The smallest absolute Gasteiger partial charge is 0.120 e. The van der Waals surface area contributed by atoms with Crippen molar-refractivity contribution in [3.8, 4) is 5.75 Å². The number of rotatable bonds is 5. The molecule has 1 aromatic carbocycles. The number of benzene rings is 1. The van der Waals surface area contributed by atoms with Crippen LogP contribution in [0.2, 0.25) is 0 Å². The summed E-state index contributed by atoms with van der Waals surface area (Å²) in [5, 5.41) is 9.16. The van der Waals surface area contributed by atoms with Crippen molar-refractivity contribution in [3.05, 3.63) is 30.3 Å². The lowest BCUT2D eigenvalue weighted by Crippen LogP contribution is -2.46. The van der Waals surface area contributed by atoms with Gasteiger partial charge in [-0.15, -0.1) is 0 Å². The summed E-state index contributed by atoms with van der Waals surface area (Å²) in [5.41, 5.74) is -0.187. The van der Waals surface area contributed by atoms with Crippen LogP contribution in [0.25, 0.3) is 0 Å². The van der Waals surface area contributed by atoms with Crippen molar-refractivity contribution in [2.45, 2.75) is 32.3 Å². The molecule has 0 radical (unpaired) electrons. The largest absolute Gasteiger partial charge is 0.487 e. The molecular weight excluding hydrogens is 238 g/mol. The van der Waals surface area contributed by atoms with E-state index in [9.17, 15) is 0 Å². The summed E-state index contributed by atoms with van der Waals surface area (Å²) in [6.45, 7) is 7.66. The summed E-state index contributed by atoms with van der Waals surface area (Å²) in [6, 6.07) is 10.00. The van der Waals surface area contributed by atoms with E-state index in [0.717, 1.165) is 38.2 Å². The van der Waals surface area contributed by atoms with Gasteiger partial charge in [-0.05, 0) is 57.8 Å². The Morgan fingerprint density at radius 3 is 2.42 bits per heavy atom. The molecule has 1 fully saturated rings. The quantitative estimate of drug-likeness (QED) is 0.886. The van der Waals surface area contributed by atoms with Crippen LogP contribution in [0, 0.1) is 5.92 Å². The second-order valence-corrected chi connectivity index (χ2v) is 6.08. The van der Waals surface area contributed by atoms with E-state index >= 15 is 0 Å². The van der Waals surface area contributed by atoms with E-state index in [-0.39, 0.29) is 5.60 Å². The Labute approximate surface area is 116 Å². The fourth-order valence-corrected chi connectivity index (χ4v) is 2.71. The lowest BCUT2D eigenvalue weighted by atomic mass is 9.96. The Morgan fingerprint density at radius 2 is 1.84 bits per heavy atom. The Balaban J connectivity index is 1.84. The lowest BCUT2D eigenvalue weighted by Gasteiger charge is -2.37. The van der Waals surface area contributed by atoms with Crippen LogP contribution in [-0.4, -0.2) is 41.8 Å². The van der Waals surface area contributed by atoms with Crippen molar-refractivity contribution in [1.82, 2.24) is 4.90 Å². The molecule has 106 valence electrons. The van der Waals surface area contributed by atoms with Gasteiger partial charge in [0.25, 0.3) is 0 Å². The van der Waals surface area contributed by atoms with E-state index in [1.807, 2.05) is 30.3 Å². The lowest BCUT2D eigenvalue weighted by molar-refractivity contribution is 0.0388. The summed E-state index contributed by atoms with van der Waals surface area (Å²) in [5.74, 6) is 1.42. The van der Waals surface area contributed by atoms with Gasteiger partial charge >= 0.3 is 0 Å². The molecule has 0 unspecified atom stereocenters. The summed E-state index contributed by atoms with van der Waals surface area (Å²) in [6.07, 6.45) is 2.19. The van der Waals surface area contributed by atoms with Crippen LogP contribution in [0.4, 0.5) is 0 Å². The maximum absolute atomic E-state index is 9.16. The van der Waals surface area contributed by atoms with Gasteiger partial charge in [0.1, 0.15) is 11.4 Å². The van der Waals surface area contributed by atoms with Crippen LogP contribution < -0.4 is 4.74 Å². The number of aliphatic hydroxyl groups is 1. The average molecular weight is 263 g/mol. The van der Waals surface area contributed by atoms with Gasteiger partial charge in [-0.3, -0.25) is 4.90 Å². The highest BCUT2D eigenvalue weighted by Crippen LogP contribution is 2.22. The molecular formula is C16H25NO2. The Bertz CT molecular complexity index is 370. The number of para-hydroxylation sites is 1. The van der Waals surface area contributed by atoms with Gasteiger partial charge in [0.15, 0.2) is 0 Å². The van der Waals surface area contributed by atoms with Crippen molar-refractivity contribution < 1.29 is 9.84 Å². The number of likely N-dealkylation sites (tertiary alicyclic amines) is 1. The molecule has 0 bridgehead atoms. The molecule has 1 aliphatic heterocycles. The number of nitrogens with zero attached hydrogens (tertiary/aromatic N) is 1. The second-order valence-electron chi connectivity index (χ2n) is 6.08. The molecule has 0 atom stereocenters. The van der Waals surface area contributed by atoms with Crippen LogP contribution in [0.3, 0.4) is 0 Å². The maximum Gasteiger partial charge on any atom is 0.120 e. The van der Waals surface area contributed by atoms with E-state index in [0.29, 0.717) is 12.5 Å². The van der Waals surface area contributed by atoms with E-state index in [1.165, 1.54) is 0 Å². The first kappa shape index (κ1) is 14.4. The van der Waals surface area contributed by atoms with E-state index in [1.54, 1.807) is 0 Å². The first-order valence-corrected chi connectivity index (χ1v) is 7.16. The third kappa shape index (κ3) is 4.51. The van der Waals surface area contributed by atoms with Crippen LogP contribution in [0.5, 0.6) is 5.75 Å². The normalized spacial score (nSPS) is 18.5. The van der Waals surface area contributed by atoms with Crippen LogP contribution in [0.1, 0.15) is 26.7 Å². The van der Waals surface area contributed by atoms with Gasteiger partial charge in [0.05, 0.1) is 0 Å². The minimum atomic E-state index is -0.187. The molecule has 2 rings (SSSR count). The fourth-order valence-electron chi connectivity index (χ4n) is 2.71. The summed E-state index contributed by atoms with van der Waals surface area (Å²) < 4.78 is 6.07. The standard InChI is InChI=1S/C16H25NO2/c1-16(2,19-15-6-4-3-5-7-15)13-17-10-8-14(12-18)9-11-17/h3-7,14,18H,8-13H2,1-2H3. The maximum atomic E-state index is 9.16. The van der Waals surface area contributed by atoms with Gasteiger partial charge in [0.2, 0.25) is 0 Å². The Hall–Kier alpha value is -1.06. The molecule has 19 heavy (non-hydrogen) atoms. The minimum Gasteiger partial charge on any atom is -0.487 e. The molecule has 1 saturated heterocycles. The molecule has 1 aromatic rings. The molecule has 1 aliphatic rings. The number of aliphatic hydroxyl groups excluding tert-OH is 1. The number of hydrogen-bond acceptors (Lipinski definition) is 3. The molecule has 1 N–H and O–H groups in total. The molecule has 3 heteroatoms. The summed E-state index contributed by atoms with van der Waals surface area (Å²) in [7, 11) is 0. The molecule has 3 nitrogen and oxygen atoms in total. The predicted octanol–water partition coefficient (Wildman–Crippen LogP) is 2.55. The minimum absolute atomic E-state index is 0.187. The monoisotopic (exact) mass is 263 g/mol. The highest BCUT2D eigenvalue weighted by atomic mass is 16.5. The zero-order valence-corrected chi connectivity index (χ0v) is 12.0. The average Bonchev–Trinajstić information content (AvgIpc) is 2.39. The van der Waals surface area contributed by atoms with Crippen molar-refractivity contribution >= 4 is 0 Å². The van der Waals surface area contributed by atoms with Gasteiger partial charge in [-0.1, -0.05) is 18.2 Å². The van der Waals surface area contributed by atoms with Crippen LogP contribution in [0.15, 0.2) is 30.3 Å². The van der Waals surface area contributed by atoms with Crippen molar-refractivity contribution in [2.75, 3.05) is 26.2 Å². The number of ether oxygens (including phenoxy) is 1. The van der Waals surface area contributed by atoms with Crippen LogP contribution in [-0.2, 0) is 0 Å². The van der Waals surface area contributed by atoms with Gasteiger partial charge in [0, 0.05) is 13.2 Å². The topological polar surface area (TPSA) is 32.7 Å². The molecule has 0 aliphatic carbocycles. The summed E-state index contributed by atoms with van der Waals surface area (Å²) >= 11 is 0. The van der Waals surface area contributed by atoms with E-state index in [4.69, 9.17) is 9.84 Å². The molecule has 1 heterocycles. The first-order valence-electron chi connectivity index (χ1n) is 7.16. The second kappa shape index (κ2) is 6.40.